The van der Waals surface area contributed by atoms with Crippen molar-refractivity contribution < 1.29 is 24.5 Å². The second-order valence-corrected chi connectivity index (χ2v) is 11.5. The molecule has 1 saturated heterocycles. The van der Waals surface area contributed by atoms with Crippen LogP contribution in [-0.4, -0.2) is 76.5 Å². The van der Waals surface area contributed by atoms with Crippen molar-refractivity contribution in [2.45, 2.75) is 67.7 Å². The van der Waals surface area contributed by atoms with E-state index >= 15 is 0 Å². The van der Waals surface area contributed by atoms with E-state index in [1.54, 1.807) is 23.3 Å². The van der Waals surface area contributed by atoms with E-state index in [1.807, 2.05) is 25.3 Å². The minimum Gasteiger partial charge on any atom is -0.504 e. The van der Waals surface area contributed by atoms with E-state index in [2.05, 4.69) is 4.90 Å². The molecule has 7 heteroatoms. The van der Waals surface area contributed by atoms with E-state index in [4.69, 9.17) is 9.47 Å². The first-order valence-electron chi connectivity index (χ1n) is 13.1. The normalized spacial score (nSPS) is 38.8. The lowest BCUT2D eigenvalue weighted by Crippen LogP contribution is -2.78. The van der Waals surface area contributed by atoms with Crippen LogP contribution in [-0.2, 0) is 21.4 Å². The van der Waals surface area contributed by atoms with E-state index < -0.39 is 11.0 Å². The third-order valence-electron chi connectivity index (χ3n) is 9.77. The van der Waals surface area contributed by atoms with Crippen LogP contribution in [0.1, 0.15) is 43.2 Å². The van der Waals surface area contributed by atoms with Crippen molar-refractivity contribution in [2.75, 3.05) is 26.7 Å². The SMILES string of the molecule is CN(C(=O)/C=C/C1C=COC1)[C@@H]1CC[C@@]2(O)[C@H]3Cc4ccc(O)c5c4[C@@]2(CCN3CC2CC2)[C@H]1O5. The van der Waals surface area contributed by atoms with Crippen molar-refractivity contribution in [3.8, 4) is 11.5 Å². The standard InChI is InChI=1S/C28H34N2O5/c1-29(23(32)7-4-18-9-13-34-16-18)20-8-10-28(33)22-14-19-5-6-21(31)25-24(19)27(28,26(20)35-25)11-12-30(22)15-17-2-3-17/h4-7,9,13,17-18,20,22,26,31,33H,2-3,8,10-12,14-16H2,1H3/b7-4+/t18?,20-,22-,26+,27+,28-/m1/s1. The summed E-state index contributed by atoms with van der Waals surface area (Å²) < 4.78 is 11.8. The number of ether oxygens (including phenoxy) is 2. The number of rotatable bonds is 5. The van der Waals surface area contributed by atoms with E-state index in [9.17, 15) is 15.0 Å². The Kier molecular flexibility index (Phi) is 4.66. The summed E-state index contributed by atoms with van der Waals surface area (Å²) >= 11 is 0. The molecule has 7 rings (SSSR count). The number of likely N-dealkylation sites (tertiary alicyclic amines) is 1. The minimum atomic E-state index is -0.931. The molecule has 0 aromatic heterocycles. The summed E-state index contributed by atoms with van der Waals surface area (Å²) in [5, 5.41) is 23.3. The number of likely N-dealkylation sites (N-methyl/N-ethyl adjacent to an activating group) is 1. The second-order valence-electron chi connectivity index (χ2n) is 11.5. The van der Waals surface area contributed by atoms with Crippen LogP contribution in [0.4, 0.5) is 0 Å². The fourth-order valence-electron chi connectivity index (χ4n) is 7.84. The van der Waals surface area contributed by atoms with E-state index in [1.165, 1.54) is 18.4 Å². The van der Waals surface area contributed by atoms with Crippen molar-refractivity contribution >= 4 is 5.91 Å². The molecule has 0 radical (unpaired) electrons. The van der Waals surface area contributed by atoms with Crippen LogP contribution in [0.3, 0.4) is 0 Å². The van der Waals surface area contributed by atoms with Crippen molar-refractivity contribution in [1.82, 2.24) is 9.80 Å². The molecule has 2 N–H and O–H groups in total. The Morgan fingerprint density at radius 2 is 2.14 bits per heavy atom. The van der Waals surface area contributed by atoms with Gasteiger partial charge in [-0.3, -0.25) is 9.69 Å². The number of benzene rings is 1. The van der Waals surface area contributed by atoms with E-state index in [0.717, 1.165) is 37.4 Å². The monoisotopic (exact) mass is 478 g/mol. The Morgan fingerprint density at radius 3 is 2.91 bits per heavy atom. The van der Waals surface area contributed by atoms with Crippen LogP contribution in [0.15, 0.2) is 36.6 Å². The van der Waals surface area contributed by atoms with Crippen LogP contribution in [0.2, 0.25) is 0 Å². The highest BCUT2D eigenvalue weighted by atomic mass is 16.5. The molecule has 7 nitrogen and oxygen atoms in total. The average Bonchev–Trinajstić information content (AvgIpc) is 3.36. The maximum absolute atomic E-state index is 13.2. The molecule has 6 atom stereocenters. The van der Waals surface area contributed by atoms with Gasteiger partial charge in [0, 0.05) is 31.1 Å². The van der Waals surface area contributed by atoms with Crippen molar-refractivity contribution in [3.63, 3.8) is 0 Å². The fourth-order valence-corrected chi connectivity index (χ4v) is 7.84. The third kappa shape index (κ3) is 2.94. The molecule has 3 heterocycles. The molecule has 3 aliphatic carbocycles. The van der Waals surface area contributed by atoms with Crippen molar-refractivity contribution in [3.05, 3.63) is 47.7 Å². The zero-order valence-electron chi connectivity index (χ0n) is 20.2. The number of carbonyl (C=O) groups excluding carboxylic acids is 1. The van der Waals surface area contributed by atoms with Gasteiger partial charge < -0.3 is 24.6 Å². The summed E-state index contributed by atoms with van der Waals surface area (Å²) in [5.41, 5.74) is 0.640. The lowest BCUT2D eigenvalue weighted by atomic mass is 9.48. The highest BCUT2D eigenvalue weighted by molar-refractivity contribution is 5.88. The Labute approximate surface area is 206 Å². The number of phenolic OH excluding ortho intramolecular Hbond substituents is 1. The Hall–Kier alpha value is -2.51. The predicted octanol–water partition coefficient (Wildman–Crippen LogP) is 2.50. The molecule has 1 unspecified atom stereocenters. The van der Waals surface area contributed by atoms with Crippen LogP contribution in [0.5, 0.6) is 11.5 Å². The smallest absolute Gasteiger partial charge is 0.246 e. The van der Waals surface area contributed by atoms with Gasteiger partial charge in [0.25, 0.3) is 0 Å². The quantitative estimate of drug-likeness (QED) is 0.633. The summed E-state index contributed by atoms with van der Waals surface area (Å²) in [7, 11) is 1.84. The number of hydrogen-bond donors (Lipinski definition) is 2. The van der Waals surface area contributed by atoms with E-state index in [0.29, 0.717) is 25.2 Å². The van der Waals surface area contributed by atoms with Crippen LogP contribution in [0.25, 0.3) is 0 Å². The van der Waals surface area contributed by atoms with Crippen molar-refractivity contribution in [1.29, 1.82) is 0 Å². The molecule has 1 amide bonds. The molecule has 35 heavy (non-hydrogen) atoms. The summed E-state index contributed by atoms with van der Waals surface area (Å²) in [6, 6.07) is 3.61. The van der Waals surface area contributed by atoms with Crippen molar-refractivity contribution in [2.24, 2.45) is 11.8 Å². The van der Waals surface area contributed by atoms with Gasteiger partial charge in [0.15, 0.2) is 11.5 Å². The van der Waals surface area contributed by atoms with Gasteiger partial charge in [0.1, 0.15) is 6.10 Å². The van der Waals surface area contributed by atoms with Gasteiger partial charge in [0.05, 0.1) is 29.9 Å². The fraction of sp³-hybridized carbons (Fsp3) is 0.607. The number of piperidine rings is 1. The van der Waals surface area contributed by atoms with Gasteiger partial charge in [-0.1, -0.05) is 12.1 Å². The molecule has 1 spiro atoms. The van der Waals surface area contributed by atoms with Gasteiger partial charge in [-0.15, -0.1) is 0 Å². The molecule has 2 saturated carbocycles. The second kappa shape index (κ2) is 7.50. The highest BCUT2D eigenvalue weighted by Crippen LogP contribution is 2.66. The van der Waals surface area contributed by atoms with Gasteiger partial charge in [0.2, 0.25) is 5.91 Å². The van der Waals surface area contributed by atoms with E-state index in [-0.39, 0.29) is 35.8 Å². The Bertz CT molecular complexity index is 1130. The largest absolute Gasteiger partial charge is 0.504 e. The molecular weight excluding hydrogens is 444 g/mol. The first-order chi connectivity index (χ1) is 16.9. The minimum absolute atomic E-state index is 0.0435. The maximum Gasteiger partial charge on any atom is 0.246 e. The number of phenols is 1. The third-order valence-corrected chi connectivity index (χ3v) is 9.77. The summed E-state index contributed by atoms with van der Waals surface area (Å²) in [6.07, 6.45) is 12.2. The zero-order valence-corrected chi connectivity index (χ0v) is 20.2. The highest BCUT2D eigenvalue weighted by Gasteiger charge is 2.73. The molecule has 3 fully saturated rings. The number of amides is 1. The summed E-state index contributed by atoms with van der Waals surface area (Å²) in [5.74, 6) is 1.46. The van der Waals surface area contributed by atoms with Gasteiger partial charge in [-0.05, 0) is 74.8 Å². The first kappa shape index (κ1) is 21.7. The average molecular weight is 479 g/mol. The topological polar surface area (TPSA) is 82.5 Å². The molecule has 1 aromatic carbocycles. The lowest BCUT2D eigenvalue weighted by Gasteiger charge is -2.64. The number of carbonyl (C=O) groups is 1. The number of nitrogens with zero attached hydrogens (tertiary/aromatic N) is 2. The number of aliphatic hydroxyl groups is 1. The summed E-state index contributed by atoms with van der Waals surface area (Å²) in [6.45, 7) is 2.53. The zero-order chi connectivity index (χ0) is 23.9. The van der Waals surface area contributed by atoms with Crippen LogP contribution < -0.4 is 4.74 Å². The molecule has 2 bridgehead atoms. The van der Waals surface area contributed by atoms with Gasteiger partial charge in [-0.2, -0.15) is 0 Å². The lowest BCUT2D eigenvalue weighted by molar-refractivity contribution is -0.200. The molecule has 1 aromatic rings. The first-order valence-corrected chi connectivity index (χ1v) is 13.1. The molecule has 186 valence electrons. The Morgan fingerprint density at radius 1 is 1.29 bits per heavy atom. The predicted molar refractivity (Wildman–Crippen MR) is 129 cm³/mol. The van der Waals surface area contributed by atoms with Crippen LogP contribution >= 0.6 is 0 Å². The summed E-state index contributed by atoms with van der Waals surface area (Å²) in [4.78, 5) is 17.5. The molecule has 6 aliphatic rings. The molecular formula is C28H34N2O5. The van der Waals surface area contributed by atoms with Crippen LogP contribution in [0, 0.1) is 11.8 Å². The Balaban J connectivity index is 1.26. The molecule has 3 aliphatic heterocycles. The number of aromatic hydroxyl groups is 1. The van der Waals surface area contributed by atoms with Gasteiger partial charge in [-0.25, -0.2) is 0 Å². The van der Waals surface area contributed by atoms with Gasteiger partial charge >= 0.3 is 0 Å². The maximum atomic E-state index is 13.2. The number of hydrogen-bond acceptors (Lipinski definition) is 6.